The number of benzene rings is 3. The van der Waals surface area contributed by atoms with E-state index in [2.05, 4.69) is 24.9 Å². The zero-order valence-corrected chi connectivity index (χ0v) is 17.2. The van der Waals surface area contributed by atoms with Crippen molar-refractivity contribution in [1.29, 1.82) is 0 Å². The van der Waals surface area contributed by atoms with Gasteiger partial charge in [0.2, 0.25) is 5.90 Å². The van der Waals surface area contributed by atoms with E-state index in [1.807, 2.05) is 67.6 Å². The molecule has 148 valence electrons. The van der Waals surface area contributed by atoms with E-state index in [-0.39, 0.29) is 0 Å². The van der Waals surface area contributed by atoms with Gasteiger partial charge in [-0.2, -0.15) is 0 Å². The van der Waals surface area contributed by atoms with Crippen molar-refractivity contribution in [3.8, 4) is 17.2 Å². The number of rotatable bonds is 6. The molecule has 0 aliphatic carbocycles. The Morgan fingerprint density at radius 3 is 2.24 bits per heavy atom. The first-order chi connectivity index (χ1) is 14.0. The van der Waals surface area contributed by atoms with Crippen LogP contribution >= 0.6 is 0 Å². The molecule has 0 aliphatic rings. The van der Waals surface area contributed by atoms with Gasteiger partial charge in [0, 0.05) is 6.08 Å². The highest BCUT2D eigenvalue weighted by Crippen LogP contribution is 2.20. The van der Waals surface area contributed by atoms with E-state index in [1.54, 1.807) is 19.4 Å². The molecule has 3 aromatic rings. The molecule has 0 spiro atoms. The van der Waals surface area contributed by atoms with Gasteiger partial charge in [-0.15, -0.1) is 0 Å². The minimum Gasteiger partial charge on any atom is -0.497 e. The lowest BCUT2D eigenvalue weighted by atomic mass is 10.1. The van der Waals surface area contributed by atoms with Crippen molar-refractivity contribution in [1.82, 2.24) is 0 Å². The van der Waals surface area contributed by atoms with Crippen molar-refractivity contribution in [2.45, 2.75) is 20.8 Å². The quantitative estimate of drug-likeness (QED) is 0.282. The number of ether oxygens (including phenoxy) is 3. The Kier molecular flexibility index (Phi) is 6.69. The van der Waals surface area contributed by atoms with Crippen molar-refractivity contribution in [2.75, 3.05) is 7.11 Å². The Bertz CT molecular complexity index is 1020. The van der Waals surface area contributed by atoms with Crippen LogP contribution in [-0.4, -0.2) is 13.0 Å². The van der Waals surface area contributed by atoms with Gasteiger partial charge < -0.3 is 14.2 Å². The van der Waals surface area contributed by atoms with Gasteiger partial charge in [0.05, 0.1) is 19.1 Å². The van der Waals surface area contributed by atoms with Gasteiger partial charge in [-0.05, 0) is 86.0 Å². The molecule has 0 bridgehead atoms. The highest BCUT2D eigenvalue weighted by atomic mass is 16.5. The smallest absolute Gasteiger partial charge is 0.222 e. The van der Waals surface area contributed by atoms with Crippen molar-refractivity contribution in [2.24, 2.45) is 4.99 Å². The third kappa shape index (κ3) is 5.98. The maximum Gasteiger partial charge on any atom is 0.222 e. The second-order valence-electron chi connectivity index (χ2n) is 6.73. The second kappa shape index (κ2) is 9.60. The van der Waals surface area contributed by atoms with Crippen molar-refractivity contribution >= 4 is 11.6 Å². The molecule has 0 N–H and O–H groups in total. The molecule has 29 heavy (non-hydrogen) atoms. The number of hydrogen-bond donors (Lipinski definition) is 0. The summed E-state index contributed by atoms with van der Waals surface area (Å²) in [4.78, 5) is 4.65. The number of nitrogens with zero attached hydrogens (tertiary/aromatic N) is 1. The summed E-state index contributed by atoms with van der Waals surface area (Å²) >= 11 is 0. The van der Waals surface area contributed by atoms with E-state index >= 15 is 0 Å². The van der Waals surface area contributed by atoms with E-state index in [0.717, 1.165) is 22.7 Å². The standard InChI is InChI=1S/C25H25NO3/c1-18-6-5-7-24(16-18)29-25(26-21-9-8-19(2)20(3)17-21)14-15-28-23-12-10-22(27-4)11-13-23/h5-17H,1-4H3. The van der Waals surface area contributed by atoms with Crippen LogP contribution in [0.3, 0.4) is 0 Å². The van der Waals surface area contributed by atoms with Gasteiger partial charge in [0.1, 0.15) is 17.2 Å². The van der Waals surface area contributed by atoms with Crippen LogP contribution < -0.4 is 14.2 Å². The number of hydrogen-bond acceptors (Lipinski definition) is 4. The van der Waals surface area contributed by atoms with Gasteiger partial charge in [0.15, 0.2) is 0 Å². The first-order valence-corrected chi connectivity index (χ1v) is 9.41. The summed E-state index contributed by atoms with van der Waals surface area (Å²) in [5.74, 6) is 2.64. The average Bonchev–Trinajstić information content (AvgIpc) is 2.71. The van der Waals surface area contributed by atoms with E-state index < -0.39 is 0 Å². The van der Waals surface area contributed by atoms with Crippen LogP contribution in [0.4, 0.5) is 5.69 Å². The molecule has 3 aromatic carbocycles. The first-order valence-electron chi connectivity index (χ1n) is 9.41. The number of methoxy groups -OCH3 is 1. The van der Waals surface area contributed by atoms with Crippen LogP contribution in [0, 0.1) is 20.8 Å². The molecule has 0 fully saturated rings. The van der Waals surface area contributed by atoms with Crippen LogP contribution in [-0.2, 0) is 0 Å². The van der Waals surface area contributed by atoms with Crippen molar-refractivity contribution in [3.63, 3.8) is 0 Å². The van der Waals surface area contributed by atoms with E-state index in [1.165, 1.54) is 11.1 Å². The number of aryl methyl sites for hydroxylation is 3. The molecule has 0 heterocycles. The number of aliphatic imine (C=N–C) groups is 1. The van der Waals surface area contributed by atoms with Gasteiger partial charge in [-0.1, -0.05) is 18.2 Å². The SMILES string of the molecule is COc1ccc(OC=CC(=Nc2ccc(C)c(C)c2)Oc2cccc(C)c2)cc1. The topological polar surface area (TPSA) is 40.0 Å². The van der Waals surface area contributed by atoms with Crippen LogP contribution in [0.15, 0.2) is 84.1 Å². The maximum atomic E-state index is 6.01. The van der Waals surface area contributed by atoms with Crippen LogP contribution in [0.1, 0.15) is 16.7 Å². The first kappa shape index (κ1) is 20.2. The van der Waals surface area contributed by atoms with E-state index in [9.17, 15) is 0 Å². The predicted molar refractivity (Wildman–Crippen MR) is 118 cm³/mol. The molecule has 0 saturated heterocycles. The molecule has 0 unspecified atom stereocenters. The molecule has 0 radical (unpaired) electrons. The fourth-order valence-corrected chi connectivity index (χ4v) is 2.64. The third-order valence-electron chi connectivity index (χ3n) is 4.42. The van der Waals surface area contributed by atoms with E-state index in [0.29, 0.717) is 11.6 Å². The lowest BCUT2D eigenvalue weighted by molar-refractivity contribution is 0.412. The Morgan fingerprint density at radius 2 is 1.55 bits per heavy atom. The summed E-state index contributed by atoms with van der Waals surface area (Å²) in [5.41, 5.74) is 4.35. The highest BCUT2D eigenvalue weighted by molar-refractivity contribution is 5.91. The monoisotopic (exact) mass is 387 g/mol. The zero-order chi connectivity index (χ0) is 20.6. The molecular weight excluding hydrogens is 362 g/mol. The molecule has 4 heteroatoms. The zero-order valence-electron chi connectivity index (χ0n) is 17.2. The summed E-state index contributed by atoms with van der Waals surface area (Å²) in [6, 6.07) is 21.3. The van der Waals surface area contributed by atoms with E-state index in [4.69, 9.17) is 14.2 Å². The lowest BCUT2D eigenvalue weighted by Crippen LogP contribution is -2.05. The molecule has 0 amide bonds. The summed E-state index contributed by atoms with van der Waals surface area (Å²) < 4.78 is 16.8. The Labute approximate surface area is 172 Å². The van der Waals surface area contributed by atoms with Crippen molar-refractivity contribution in [3.05, 3.63) is 95.8 Å². The molecular formula is C25H25NO3. The van der Waals surface area contributed by atoms with Gasteiger partial charge in [-0.25, -0.2) is 4.99 Å². The average molecular weight is 387 g/mol. The summed E-state index contributed by atoms with van der Waals surface area (Å²) in [6.45, 7) is 6.17. The molecule has 0 saturated carbocycles. The highest BCUT2D eigenvalue weighted by Gasteiger charge is 2.03. The Hall–Kier alpha value is -3.53. The van der Waals surface area contributed by atoms with Crippen LogP contribution in [0.25, 0.3) is 0 Å². The lowest BCUT2D eigenvalue weighted by Gasteiger charge is -2.08. The summed E-state index contributed by atoms with van der Waals surface area (Å²) in [6.07, 6.45) is 3.28. The summed E-state index contributed by atoms with van der Waals surface area (Å²) in [5, 5.41) is 0. The van der Waals surface area contributed by atoms with Gasteiger partial charge in [0.25, 0.3) is 0 Å². The van der Waals surface area contributed by atoms with Crippen LogP contribution in [0.2, 0.25) is 0 Å². The van der Waals surface area contributed by atoms with Gasteiger partial charge >= 0.3 is 0 Å². The van der Waals surface area contributed by atoms with Crippen molar-refractivity contribution < 1.29 is 14.2 Å². The summed E-state index contributed by atoms with van der Waals surface area (Å²) in [7, 11) is 1.63. The predicted octanol–water partition coefficient (Wildman–Crippen LogP) is 6.32. The third-order valence-corrected chi connectivity index (χ3v) is 4.42. The molecule has 3 rings (SSSR count). The van der Waals surface area contributed by atoms with Gasteiger partial charge in [-0.3, -0.25) is 0 Å². The second-order valence-corrected chi connectivity index (χ2v) is 6.73. The maximum absolute atomic E-state index is 6.01. The fourth-order valence-electron chi connectivity index (χ4n) is 2.64. The molecule has 0 atom stereocenters. The minimum absolute atomic E-state index is 0.437. The van der Waals surface area contributed by atoms with Crippen LogP contribution in [0.5, 0.6) is 17.2 Å². The Morgan fingerprint density at radius 1 is 0.793 bits per heavy atom. The molecule has 0 aromatic heterocycles. The molecule has 4 nitrogen and oxygen atoms in total. The fraction of sp³-hybridized carbons (Fsp3) is 0.160. The normalized spacial score (nSPS) is 11.5. The minimum atomic E-state index is 0.437. The largest absolute Gasteiger partial charge is 0.497 e. The molecule has 0 aliphatic heterocycles. The Balaban J connectivity index is 1.82.